The van der Waals surface area contributed by atoms with E-state index < -0.39 is 11.6 Å². The molecule has 0 amide bonds. The van der Waals surface area contributed by atoms with Crippen LogP contribution in [0.15, 0.2) is 49.1 Å². The van der Waals surface area contributed by atoms with Gasteiger partial charge in [-0.05, 0) is 42.7 Å². The molecule has 2 rings (SSSR count). The predicted molar refractivity (Wildman–Crippen MR) is 97.7 cm³/mol. The summed E-state index contributed by atoms with van der Waals surface area (Å²) in [5, 5.41) is 3.31. The van der Waals surface area contributed by atoms with Crippen molar-refractivity contribution in [3.8, 4) is 0 Å². The first-order valence-electron chi connectivity index (χ1n) is 8.43. The van der Waals surface area contributed by atoms with Gasteiger partial charge in [0.2, 0.25) is 0 Å². The lowest BCUT2D eigenvalue weighted by Gasteiger charge is -2.22. The summed E-state index contributed by atoms with van der Waals surface area (Å²) in [6.07, 6.45) is 1.80. The zero-order valence-corrected chi connectivity index (χ0v) is 14.8. The van der Waals surface area contributed by atoms with E-state index in [1.54, 1.807) is 6.08 Å². The quantitative estimate of drug-likeness (QED) is 0.527. The molecule has 0 aliphatic rings. The molecule has 0 aliphatic carbocycles. The van der Waals surface area contributed by atoms with Crippen LogP contribution in [0.2, 0.25) is 0 Å². The summed E-state index contributed by atoms with van der Waals surface area (Å²) < 4.78 is 33.2. The molecule has 2 nitrogen and oxygen atoms in total. The lowest BCUT2D eigenvalue weighted by molar-refractivity contribution is 0.102. The Hall–Kier alpha value is -2.04. The Morgan fingerprint density at radius 2 is 1.68 bits per heavy atom. The van der Waals surface area contributed by atoms with E-state index in [1.165, 1.54) is 34.9 Å². The van der Waals surface area contributed by atoms with Crippen LogP contribution in [0.25, 0.3) is 0 Å². The fourth-order valence-electron chi connectivity index (χ4n) is 3.05. The van der Waals surface area contributed by atoms with Gasteiger partial charge in [-0.1, -0.05) is 30.3 Å². The second-order valence-corrected chi connectivity index (χ2v) is 6.16. The minimum absolute atomic E-state index is 0.0261. The fourth-order valence-corrected chi connectivity index (χ4v) is 3.05. The largest absolute Gasteiger partial charge is 0.376 e. The second kappa shape index (κ2) is 9.44. The maximum Gasteiger partial charge on any atom is 0.131 e. The van der Waals surface area contributed by atoms with Crippen molar-refractivity contribution in [2.75, 3.05) is 19.7 Å². The van der Waals surface area contributed by atoms with E-state index >= 15 is 0 Å². The van der Waals surface area contributed by atoms with Gasteiger partial charge in [0, 0.05) is 24.6 Å². The van der Waals surface area contributed by atoms with Gasteiger partial charge in [0.05, 0.1) is 13.2 Å². The van der Waals surface area contributed by atoms with Crippen molar-refractivity contribution in [1.82, 2.24) is 5.32 Å². The first kappa shape index (κ1) is 19.3. The van der Waals surface area contributed by atoms with Crippen LogP contribution in [-0.2, 0) is 11.3 Å². The van der Waals surface area contributed by atoms with Crippen molar-refractivity contribution in [2.45, 2.75) is 26.4 Å². The molecule has 0 saturated heterocycles. The lowest BCUT2D eigenvalue weighted by atomic mass is 9.91. The molecule has 0 radical (unpaired) electrons. The summed E-state index contributed by atoms with van der Waals surface area (Å²) in [5.41, 5.74) is 3.56. The van der Waals surface area contributed by atoms with E-state index in [4.69, 9.17) is 4.74 Å². The molecule has 25 heavy (non-hydrogen) atoms. The highest BCUT2D eigenvalue weighted by Crippen LogP contribution is 2.24. The topological polar surface area (TPSA) is 21.3 Å². The molecule has 2 aromatic carbocycles. The molecule has 4 heteroatoms. The first-order chi connectivity index (χ1) is 12.0. The van der Waals surface area contributed by atoms with E-state index in [-0.39, 0.29) is 18.1 Å². The first-order valence-corrected chi connectivity index (χ1v) is 8.43. The van der Waals surface area contributed by atoms with Gasteiger partial charge < -0.3 is 10.1 Å². The van der Waals surface area contributed by atoms with Crippen molar-refractivity contribution in [1.29, 1.82) is 0 Å². The van der Waals surface area contributed by atoms with Gasteiger partial charge >= 0.3 is 0 Å². The summed E-state index contributed by atoms with van der Waals surface area (Å²) in [4.78, 5) is 0. The van der Waals surface area contributed by atoms with Crippen molar-refractivity contribution >= 4 is 0 Å². The molecule has 0 spiro atoms. The zero-order chi connectivity index (χ0) is 18.2. The molecule has 0 fully saturated rings. The molecule has 0 aliphatic heterocycles. The highest BCUT2D eigenvalue weighted by atomic mass is 19.1. The average molecular weight is 345 g/mol. The molecule has 1 unspecified atom stereocenters. The molecule has 0 bridgehead atoms. The number of nitrogens with one attached hydrogen (secondary N) is 1. The van der Waals surface area contributed by atoms with Crippen LogP contribution in [0.1, 0.15) is 28.2 Å². The summed E-state index contributed by atoms with van der Waals surface area (Å²) >= 11 is 0. The predicted octanol–water partition coefficient (Wildman–Crippen LogP) is 4.66. The van der Waals surface area contributed by atoms with Gasteiger partial charge in [-0.3, -0.25) is 0 Å². The molecule has 1 N–H and O–H groups in total. The zero-order valence-electron chi connectivity index (χ0n) is 14.8. The van der Waals surface area contributed by atoms with Gasteiger partial charge in [-0.25, -0.2) is 8.78 Å². The molecular formula is C21H25F2NO. The molecule has 0 saturated carbocycles. The van der Waals surface area contributed by atoms with Gasteiger partial charge in [0.1, 0.15) is 11.6 Å². The van der Waals surface area contributed by atoms with Crippen molar-refractivity contribution in [3.05, 3.63) is 82.9 Å². The SMILES string of the molecule is C=CCNCC(COCc1c(F)cccc1F)c1c(C)cccc1C. The van der Waals surface area contributed by atoms with Gasteiger partial charge in [-0.15, -0.1) is 6.58 Å². The third-order valence-corrected chi connectivity index (χ3v) is 4.26. The van der Waals surface area contributed by atoms with E-state index in [0.717, 1.165) is 0 Å². The molecule has 134 valence electrons. The Morgan fingerprint density at radius 1 is 1.08 bits per heavy atom. The summed E-state index contributed by atoms with van der Waals surface area (Å²) in [7, 11) is 0. The monoisotopic (exact) mass is 345 g/mol. The smallest absolute Gasteiger partial charge is 0.131 e. The minimum Gasteiger partial charge on any atom is -0.376 e. The number of aryl methyl sites for hydroxylation is 2. The molecule has 0 aromatic heterocycles. The number of ether oxygens (including phenoxy) is 1. The highest BCUT2D eigenvalue weighted by Gasteiger charge is 2.17. The summed E-state index contributed by atoms with van der Waals surface area (Å²) in [6.45, 7) is 9.55. The van der Waals surface area contributed by atoms with Gasteiger partial charge in [0.15, 0.2) is 0 Å². The standard InChI is InChI=1S/C21H25F2NO/c1-4-11-24-12-17(21-15(2)7-5-8-16(21)3)13-25-14-18-19(22)9-6-10-20(18)23/h4-10,17,24H,1,11-14H2,2-3H3. The van der Waals surface area contributed by atoms with Crippen LogP contribution < -0.4 is 5.32 Å². The number of hydrogen-bond donors (Lipinski definition) is 1. The van der Waals surface area contributed by atoms with Crippen LogP contribution in [0.4, 0.5) is 8.78 Å². The van der Waals surface area contributed by atoms with Crippen LogP contribution >= 0.6 is 0 Å². The van der Waals surface area contributed by atoms with Crippen molar-refractivity contribution < 1.29 is 13.5 Å². The summed E-state index contributed by atoms with van der Waals surface area (Å²) in [5.74, 6) is -1.06. The molecule has 2 aromatic rings. The Kier molecular flexibility index (Phi) is 7.29. The fraction of sp³-hybridized carbons (Fsp3) is 0.333. The van der Waals surface area contributed by atoms with Crippen LogP contribution in [0, 0.1) is 25.5 Å². The van der Waals surface area contributed by atoms with Crippen LogP contribution in [0.5, 0.6) is 0 Å². The lowest BCUT2D eigenvalue weighted by Crippen LogP contribution is -2.26. The van der Waals surface area contributed by atoms with Gasteiger partial charge in [-0.2, -0.15) is 0 Å². The summed E-state index contributed by atoms with van der Waals surface area (Å²) in [6, 6.07) is 10.0. The van der Waals surface area contributed by atoms with E-state index in [9.17, 15) is 8.78 Å². The average Bonchev–Trinajstić information content (AvgIpc) is 2.57. The Morgan fingerprint density at radius 3 is 2.28 bits per heavy atom. The van der Waals surface area contributed by atoms with Crippen molar-refractivity contribution in [2.24, 2.45) is 0 Å². The maximum absolute atomic E-state index is 13.7. The Labute approximate surface area is 148 Å². The maximum atomic E-state index is 13.7. The number of benzene rings is 2. The molecule has 0 heterocycles. The molecule has 1 atom stereocenters. The van der Waals surface area contributed by atoms with Crippen LogP contribution in [0.3, 0.4) is 0 Å². The van der Waals surface area contributed by atoms with Crippen LogP contribution in [-0.4, -0.2) is 19.7 Å². The van der Waals surface area contributed by atoms with Gasteiger partial charge in [0.25, 0.3) is 0 Å². The van der Waals surface area contributed by atoms with E-state index in [0.29, 0.717) is 19.7 Å². The third kappa shape index (κ3) is 5.21. The number of rotatable bonds is 9. The molecular weight excluding hydrogens is 320 g/mol. The van der Waals surface area contributed by atoms with Crippen molar-refractivity contribution in [3.63, 3.8) is 0 Å². The number of halogens is 2. The Balaban J connectivity index is 2.10. The third-order valence-electron chi connectivity index (χ3n) is 4.26. The second-order valence-electron chi connectivity index (χ2n) is 6.16. The number of hydrogen-bond acceptors (Lipinski definition) is 2. The normalized spacial score (nSPS) is 12.2. The van der Waals surface area contributed by atoms with E-state index in [2.05, 4.69) is 37.9 Å². The Bertz CT molecular complexity index is 675. The highest BCUT2D eigenvalue weighted by molar-refractivity contribution is 5.37. The van der Waals surface area contributed by atoms with E-state index in [1.807, 2.05) is 6.07 Å². The minimum atomic E-state index is -0.576.